The Morgan fingerprint density at radius 1 is 1.22 bits per heavy atom. The first-order valence-corrected chi connectivity index (χ1v) is 10.3. The molecule has 6 nitrogen and oxygen atoms in total. The molecule has 0 radical (unpaired) electrons. The highest BCUT2D eigenvalue weighted by atomic mass is 32.1. The van der Waals surface area contributed by atoms with Crippen molar-refractivity contribution in [2.75, 3.05) is 0 Å². The minimum Gasteiger partial charge on any atom is -0.421 e. The quantitative estimate of drug-likeness (QED) is 0.666. The molecular weight excluding hydrogens is 360 g/mol. The van der Waals surface area contributed by atoms with Crippen LogP contribution in [0.4, 0.5) is 0 Å². The van der Waals surface area contributed by atoms with Crippen molar-refractivity contribution < 1.29 is 9.21 Å². The maximum atomic E-state index is 12.7. The molecule has 1 fully saturated rings. The van der Waals surface area contributed by atoms with Crippen LogP contribution in [0.5, 0.6) is 0 Å². The van der Waals surface area contributed by atoms with E-state index in [2.05, 4.69) is 10.2 Å². The van der Waals surface area contributed by atoms with Gasteiger partial charge in [0.15, 0.2) is 0 Å². The van der Waals surface area contributed by atoms with Gasteiger partial charge in [0.2, 0.25) is 17.7 Å². The highest BCUT2D eigenvalue weighted by Crippen LogP contribution is 2.21. The summed E-state index contributed by atoms with van der Waals surface area (Å²) in [6.07, 6.45) is 8.45. The monoisotopic (exact) mass is 382 g/mol. The fourth-order valence-corrected chi connectivity index (χ4v) is 3.97. The summed E-state index contributed by atoms with van der Waals surface area (Å²) in [6.45, 7) is 0. The van der Waals surface area contributed by atoms with Gasteiger partial charge in [-0.25, -0.2) is 0 Å². The van der Waals surface area contributed by atoms with Gasteiger partial charge >= 0.3 is 0 Å². The topological polar surface area (TPSA) is 73.3 Å². The molecule has 0 spiro atoms. The lowest BCUT2D eigenvalue weighted by Gasteiger charge is -2.17. The molecule has 0 amide bonds. The number of nitrogens with zero attached hydrogens (tertiary/aromatic N) is 4. The normalized spacial score (nSPS) is 15.9. The van der Waals surface area contributed by atoms with Crippen molar-refractivity contribution >= 4 is 17.2 Å². The van der Waals surface area contributed by atoms with Crippen molar-refractivity contribution in [3.05, 3.63) is 52.6 Å². The van der Waals surface area contributed by atoms with E-state index < -0.39 is 0 Å². The number of rotatable bonds is 5. The smallest absolute Gasteiger partial charge is 0.248 e. The van der Waals surface area contributed by atoms with E-state index in [0.29, 0.717) is 30.7 Å². The molecule has 140 valence electrons. The maximum Gasteiger partial charge on any atom is 0.248 e. The minimum absolute atomic E-state index is 0.0135. The van der Waals surface area contributed by atoms with Crippen LogP contribution in [0.2, 0.25) is 0 Å². The van der Waals surface area contributed by atoms with Crippen LogP contribution < -0.4 is 5.49 Å². The van der Waals surface area contributed by atoms with Gasteiger partial charge < -0.3 is 4.42 Å². The Kier molecular flexibility index (Phi) is 5.58. The SMILES string of the molecule is O=C(CCc1nnc(-c2ccsc2)o1)n1ccccc1=NC1CCCCC1. The molecule has 0 atom stereocenters. The van der Waals surface area contributed by atoms with Gasteiger partial charge in [-0.2, -0.15) is 11.3 Å². The minimum atomic E-state index is -0.0135. The zero-order valence-corrected chi connectivity index (χ0v) is 15.9. The second-order valence-corrected chi connectivity index (χ2v) is 7.54. The molecule has 27 heavy (non-hydrogen) atoms. The van der Waals surface area contributed by atoms with Crippen LogP contribution in [0.3, 0.4) is 0 Å². The largest absolute Gasteiger partial charge is 0.421 e. The lowest BCUT2D eigenvalue weighted by molar-refractivity contribution is 0.0894. The first-order valence-electron chi connectivity index (χ1n) is 9.39. The summed E-state index contributed by atoms with van der Waals surface area (Å²) in [5.74, 6) is 0.964. The molecule has 0 aliphatic heterocycles. The highest BCUT2D eigenvalue weighted by Gasteiger charge is 2.14. The van der Waals surface area contributed by atoms with Gasteiger partial charge in [0, 0.05) is 30.0 Å². The summed E-state index contributed by atoms with van der Waals surface area (Å²) in [5.41, 5.74) is 1.65. The number of carbonyl (C=O) groups is 1. The molecule has 0 bridgehead atoms. The zero-order chi connectivity index (χ0) is 18.5. The number of pyridine rings is 1. The van der Waals surface area contributed by atoms with Crippen molar-refractivity contribution in [3.63, 3.8) is 0 Å². The van der Waals surface area contributed by atoms with Gasteiger partial charge in [-0.3, -0.25) is 14.4 Å². The molecule has 0 N–H and O–H groups in total. The zero-order valence-electron chi connectivity index (χ0n) is 15.1. The van der Waals surface area contributed by atoms with Crippen LogP contribution >= 0.6 is 11.3 Å². The Labute approximate surface area is 161 Å². The molecule has 1 saturated carbocycles. The van der Waals surface area contributed by atoms with E-state index in [1.807, 2.05) is 35.0 Å². The van der Waals surface area contributed by atoms with Gasteiger partial charge in [0.05, 0.1) is 6.04 Å². The Hall–Kier alpha value is -2.54. The average molecular weight is 382 g/mol. The van der Waals surface area contributed by atoms with Crippen LogP contribution in [0.15, 0.2) is 50.6 Å². The molecule has 7 heteroatoms. The van der Waals surface area contributed by atoms with Crippen LogP contribution in [-0.2, 0) is 6.42 Å². The van der Waals surface area contributed by atoms with Crippen molar-refractivity contribution in [1.82, 2.24) is 14.8 Å². The number of hydrogen-bond donors (Lipinski definition) is 0. The Bertz CT molecular complexity index is 952. The number of aryl methyl sites for hydroxylation is 1. The third kappa shape index (κ3) is 4.42. The van der Waals surface area contributed by atoms with E-state index in [0.717, 1.165) is 23.9 Å². The van der Waals surface area contributed by atoms with Crippen LogP contribution in [0.1, 0.15) is 49.2 Å². The molecule has 0 aromatic carbocycles. The highest BCUT2D eigenvalue weighted by molar-refractivity contribution is 7.08. The fraction of sp³-hybridized carbons (Fsp3) is 0.400. The average Bonchev–Trinajstić information content (AvgIpc) is 3.39. The number of carbonyl (C=O) groups excluding carboxylic acids is 1. The van der Waals surface area contributed by atoms with Gasteiger partial charge in [-0.1, -0.05) is 25.3 Å². The van der Waals surface area contributed by atoms with E-state index in [9.17, 15) is 4.79 Å². The van der Waals surface area contributed by atoms with E-state index in [1.54, 1.807) is 22.1 Å². The summed E-state index contributed by atoms with van der Waals surface area (Å²) in [4.78, 5) is 17.6. The molecule has 1 aliphatic carbocycles. The second kappa shape index (κ2) is 8.43. The third-order valence-electron chi connectivity index (χ3n) is 4.78. The van der Waals surface area contributed by atoms with Gasteiger partial charge in [-0.05, 0) is 36.4 Å². The van der Waals surface area contributed by atoms with Gasteiger partial charge in [0.1, 0.15) is 5.49 Å². The predicted octanol–water partition coefficient (Wildman–Crippen LogP) is 4.11. The second-order valence-electron chi connectivity index (χ2n) is 6.76. The molecule has 3 aromatic heterocycles. The summed E-state index contributed by atoms with van der Waals surface area (Å²) in [5, 5.41) is 12.0. The van der Waals surface area contributed by atoms with Crippen molar-refractivity contribution in [2.45, 2.75) is 51.0 Å². The molecule has 1 aliphatic rings. The van der Waals surface area contributed by atoms with Crippen LogP contribution in [-0.4, -0.2) is 26.7 Å². The standard InChI is InChI=1S/C20H22N4O2S/c25-19(10-9-18-22-23-20(26-18)15-11-13-27-14-15)24-12-5-4-8-17(24)21-16-6-2-1-3-7-16/h4-5,8,11-14,16H,1-3,6-7,9-10H2. The van der Waals surface area contributed by atoms with E-state index in [1.165, 1.54) is 19.3 Å². The summed E-state index contributed by atoms with van der Waals surface area (Å²) in [7, 11) is 0. The predicted molar refractivity (Wildman–Crippen MR) is 103 cm³/mol. The molecule has 4 rings (SSSR count). The molecular formula is C20H22N4O2S. The Balaban J connectivity index is 1.45. The number of thiophene rings is 1. The fourth-order valence-electron chi connectivity index (χ4n) is 3.34. The molecule has 3 heterocycles. The van der Waals surface area contributed by atoms with Gasteiger partial charge in [-0.15, -0.1) is 10.2 Å². The summed E-state index contributed by atoms with van der Waals surface area (Å²) >= 11 is 1.58. The van der Waals surface area contributed by atoms with Crippen molar-refractivity contribution in [3.8, 4) is 11.5 Å². The number of hydrogen-bond acceptors (Lipinski definition) is 6. The van der Waals surface area contributed by atoms with Crippen molar-refractivity contribution in [1.29, 1.82) is 0 Å². The maximum absolute atomic E-state index is 12.7. The Morgan fingerprint density at radius 2 is 2.11 bits per heavy atom. The lowest BCUT2D eigenvalue weighted by Crippen LogP contribution is -2.29. The van der Waals surface area contributed by atoms with Gasteiger partial charge in [0.25, 0.3) is 0 Å². The summed E-state index contributed by atoms with van der Waals surface area (Å²) in [6, 6.07) is 7.96. The first-order chi connectivity index (χ1) is 13.3. The van der Waals surface area contributed by atoms with Crippen molar-refractivity contribution in [2.24, 2.45) is 4.99 Å². The van der Waals surface area contributed by atoms with Crippen LogP contribution in [0.25, 0.3) is 11.5 Å². The van der Waals surface area contributed by atoms with E-state index in [4.69, 9.17) is 9.41 Å². The van der Waals surface area contributed by atoms with E-state index >= 15 is 0 Å². The lowest BCUT2D eigenvalue weighted by atomic mass is 9.96. The van der Waals surface area contributed by atoms with Crippen LogP contribution in [0, 0.1) is 0 Å². The third-order valence-corrected chi connectivity index (χ3v) is 5.47. The number of aromatic nitrogens is 3. The van der Waals surface area contributed by atoms with E-state index in [-0.39, 0.29) is 5.91 Å². The molecule has 3 aromatic rings. The Morgan fingerprint density at radius 3 is 2.93 bits per heavy atom. The molecule has 0 saturated heterocycles. The summed E-state index contributed by atoms with van der Waals surface area (Å²) < 4.78 is 7.31. The first kappa shape index (κ1) is 17.9. The molecule has 0 unspecified atom stereocenters.